The zero-order chi connectivity index (χ0) is 21.7. The third kappa shape index (κ3) is 3.60. The number of carbonyl (C=O) groups is 2. The molecule has 160 valence electrons. The number of nitrogens with zero attached hydrogens (tertiary/aromatic N) is 1. The molecule has 5 nitrogen and oxygen atoms in total. The Morgan fingerprint density at radius 2 is 1.63 bits per heavy atom. The summed E-state index contributed by atoms with van der Waals surface area (Å²) < 4.78 is 0. The molecule has 2 N–H and O–H groups in total. The fraction of sp³-hybridized carbons (Fsp3) is 0.520. The Morgan fingerprint density at radius 1 is 1.00 bits per heavy atom. The van der Waals surface area contributed by atoms with Gasteiger partial charge in [-0.05, 0) is 65.2 Å². The largest absolute Gasteiger partial charge is 0.385 e. The molecule has 1 fully saturated rings. The van der Waals surface area contributed by atoms with E-state index in [1.54, 1.807) is 0 Å². The van der Waals surface area contributed by atoms with Crippen molar-refractivity contribution < 1.29 is 9.59 Å². The second-order valence-electron chi connectivity index (χ2n) is 10.1. The molecule has 1 saturated heterocycles. The molecule has 4 rings (SSSR count). The highest BCUT2D eigenvalue weighted by atomic mass is 16.2. The maximum absolute atomic E-state index is 13.6. The summed E-state index contributed by atoms with van der Waals surface area (Å²) in [6, 6.07) is 9.54. The molecule has 0 aliphatic carbocycles. The van der Waals surface area contributed by atoms with Gasteiger partial charge in [0.25, 0.3) is 11.8 Å². The van der Waals surface area contributed by atoms with E-state index >= 15 is 0 Å². The predicted molar refractivity (Wildman–Crippen MR) is 122 cm³/mol. The number of imide groups is 1. The Hall–Kier alpha value is -2.40. The Morgan fingerprint density at radius 3 is 2.27 bits per heavy atom. The van der Waals surface area contributed by atoms with Gasteiger partial charge in [-0.1, -0.05) is 25.5 Å². The Labute approximate surface area is 179 Å². The van der Waals surface area contributed by atoms with E-state index in [9.17, 15) is 9.59 Å². The van der Waals surface area contributed by atoms with Crippen LogP contribution in [0.2, 0.25) is 0 Å². The van der Waals surface area contributed by atoms with Crippen LogP contribution in [0.15, 0.2) is 30.3 Å². The van der Waals surface area contributed by atoms with Crippen LogP contribution in [0.5, 0.6) is 0 Å². The molecule has 2 amide bonds. The van der Waals surface area contributed by atoms with Crippen molar-refractivity contribution in [1.82, 2.24) is 10.2 Å². The van der Waals surface area contributed by atoms with E-state index in [-0.39, 0.29) is 28.9 Å². The number of hydrogen-bond acceptors (Lipinski definition) is 4. The Balaban J connectivity index is 1.76. The molecule has 2 aromatic rings. The number of carbonyl (C=O) groups excluding carboxylic acids is 2. The van der Waals surface area contributed by atoms with Gasteiger partial charge in [0.1, 0.15) is 0 Å². The molecule has 0 saturated carbocycles. The van der Waals surface area contributed by atoms with Gasteiger partial charge < -0.3 is 10.6 Å². The second-order valence-corrected chi connectivity index (χ2v) is 10.1. The van der Waals surface area contributed by atoms with Gasteiger partial charge in [0.15, 0.2) is 0 Å². The van der Waals surface area contributed by atoms with E-state index in [0.29, 0.717) is 11.1 Å². The molecule has 0 spiro atoms. The van der Waals surface area contributed by atoms with E-state index in [4.69, 9.17) is 0 Å². The molecule has 5 heteroatoms. The van der Waals surface area contributed by atoms with E-state index in [0.717, 1.165) is 48.7 Å². The van der Waals surface area contributed by atoms with Crippen LogP contribution >= 0.6 is 0 Å². The number of piperidine rings is 1. The van der Waals surface area contributed by atoms with E-state index < -0.39 is 0 Å². The Bertz CT molecular complexity index is 971. The number of anilines is 1. The average molecular weight is 408 g/mol. The number of amides is 2. The minimum atomic E-state index is -0.165. The van der Waals surface area contributed by atoms with Crippen LogP contribution < -0.4 is 10.6 Å². The summed E-state index contributed by atoms with van der Waals surface area (Å²) in [6.07, 6.45) is 3.69. The predicted octanol–water partition coefficient (Wildman–Crippen LogP) is 4.96. The van der Waals surface area contributed by atoms with Crippen LogP contribution in [0.4, 0.5) is 5.69 Å². The van der Waals surface area contributed by atoms with Gasteiger partial charge in [-0.3, -0.25) is 14.5 Å². The summed E-state index contributed by atoms with van der Waals surface area (Å²) >= 11 is 0. The van der Waals surface area contributed by atoms with Crippen molar-refractivity contribution in [2.24, 2.45) is 0 Å². The molecule has 0 atom stereocenters. The van der Waals surface area contributed by atoms with Gasteiger partial charge >= 0.3 is 0 Å². The first-order valence-corrected chi connectivity index (χ1v) is 11.1. The molecular formula is C25H33N3O2. The van der Waals surface area contributed by atoms with Gasteiger partial charge in [0.2, 0.25) is 0 Å². The first-order chi connectivity index (χ1) is 14.1. The molecular weight excluding hydrogens is 374 g/mol. The van der Waals surface area contributed by atoms with Gasteiger partial charge in [-0.15, -0.1) is 0 Å². The lowest BCUT2D eigenvalue weighted by molar-refractivity contribution is 0.0370. The van der Waals surface area contributed by atoms with E-state index in [1.807, 2.05) is 30.3 Å². The standard InChI is InChI=1S/C25H33N3O2/c1-6-7-13-26-20-12-11-19-21-17(20)9-8-10-18(21)22(29)28(23(19)30)16-14-24(2,3)27-25(4,5)15-16/h8-12,16,26-27H,6-7,13-15H2,1-5H3. The molecule has 0 radical (unpaired) electrons. The minimum Gasteiger partial charge on any atom is -0.385 e. The smallest absolute Gasteiger partial charge is 0.261 e. The fourth-order valence-corrected chi connectivity index (χ4v) is 5.45. The first kappa shape index (κ1) is 20.9. The normalized spacial score (nSPS) is 20.6. The van der Waals surface area contributed by atoms with Crippen molar-refractivity contribution in [3.63, 3.8) is 0 Å². The summed E-state index contributed by atoms with van der Waals surface area (Å²) in [7, 11) is 0. The molecule has 2 aliphatic rings. The lowest BCUT2D eigenvalue weighted by Crippen LogP contribution is -2.63. The average Bonchev–Trinajstić information content (AvgIpc) is 2.64. The first-order valence-electron chi connectivity index (χ1n) is 11.1. The lowest BCUT2D eigenvalue weighted by Gasteiger charge is -2.49. The number of rotatable bonds is 5. The number of nitrogens with one attached hydrogen (secondary N) is 2. The van der Waals surface area contributed by atoms with Crippen molar-refractivity contribution in [3.05, 3.63) is 41.5 Å². The van der Waals surface area contributed by atoms with Crippen LogP contribution in [-0.2, 0) is 0 Å². The summed E-state index contributed by atoms with van der Waals surface area (Å²) in [4.78, 5) is 28.7. The molecule has 0 unspecified atom stereocenters. The molecule has 0 aromatic heterocycles. The van der Waals surface area contributed by atoms with Gasteiger partial charge in [-0.25, -0.2) is 0 Å². The zero-order valence-corrected chi connectivity index (χ0v) is 18.8. The monoisotopic (exact) mass is 407 g/mol. The molecule has 30 heavy (non-hydrogen) atoms. The van der Waals surface area contributed by atoms with Crippen LogP contribution in [0.25, 0.3) is 10.8 Å². The second kappa shape index (κ2) is 7.38. The molecule has 2 heterocycles. The van der Waals surface area contributed by atoms with Crippen LogP contribution in [0, 0.1) is 0 Å². The van der Waals surface area contributed by atoms with Crippen LogP contribution in [-0.4, -0.2) is 40.4 Å². The highest BCUT2D eigenvalue weighted by Crippen LogP contribution is 2.39. The van der Waals surface area contributed by atoms with Crippen LogP contribution in [0.3, 0.4) is 0 Å². The molecule has 2 aromatic carbocycles. The van der Waals surface area contributed by atoms with Crippen LogP contribution in [0.1, 0.15) is 81.0 Å². The summed E-state index contributed by atoms with van der Waals surface area (Å²) in [5.41, 5.74) is 1.96. The summed E-state index contributed by atoms with van der Waals surface area (Å²) in [5, 5.41) is 8.86. The molecule has 2 aliphatic heterocycles. The van der Waals surface area contributed by atoms with Gasteiger partial charge in [0.05, 0.1) is 0 Å². The third-order valence-electron chi connectivity index (χ3n) is 6.32. The number of benzene rings is 2. The van der Waals surface area contributed by atoms with Crippen molar-refractivity contribution >= 4 is 28.3 Å². The fourth-order valence-electron chi connectivity index (χ4n) is 5.45. The Kier molecular flexibility index (Phi) is 5.13. The van der Waals surface area contributed by atoms with Gasteiger partial charge in [-0.2, -0.15) is 0 Å². The highest BCUT2D eigenvalue weighted by molar-refractivity contribution is 6.26. The summed E-state index contributed by atoms with van der Waals surface area (Å²) in [5.74, 6) is -0.329. The minimum absolute atomic E-state index is 0.123. The van der Waals surface area contributed by atoms with Crippen molar-refractivity contribution in [2.75, 3.05) is 11.9 Å². The third-order valence-corrected chi connectivity index (χ3v) is 6.32. The van der Waals surface area contributed by atoms with E-state index in [2.05, 4.69) is 45.3 Å². The lowest BCUT2D eigenvalue weighted by atomic mass is 9.78. The van der Waals surface area contributed by atoms with Crippen molar-refractivity contribution in [3.8, 4) is 0 Å². The maximum Gasteiger partial charge on any atom is 0.261 e. The topological polar surface area (TPSA) is 61.4 Å². The van der Waals surface area contributed by atoms with Crippen molar-refractivity contribution in [2.45, 2.75) is 77.4 Å². The van der Waals surface area contributed by atoms with E-state index in [1.165, 1.54) is 4.90 Å². The van der Waals surface area contributed by atoms with Crippen molar-refractivity contribution in [1.29, 1.82) is 0 Å². The highest BCUT2D eigenvalue weighted by Gasteiger charge is 2.45. The number of unbranched alkanes of at least 4 members (excludes halogenated alkanes) is 1. The summed E-state index contributed by atoms with van der Waals surface area (Å²) in [6.45, 7) is 11.6. The maximum atomic E-state index is 13.6. The van der Waals surface area contributed by atoms with Gasteiger partial charge in [0, 0.05) is 51.3 Å². The molecule has 0 bridgehead atoms. The SMILES string of the molecule is CCCCNc1ccc2c3c(cccc13)C(=O)N(C1CC(C)(C)NC(C)(C)C1)C2=O. The zero-order valence-electron chi connectivity index (χ0n) is 18.8. The number of hydrogen-bond donors (Lipinski definition) is 2. The quantitative estimate of drug-likeness (QED) is 0.543.